The maximum atomic E-state index is 12.9. The van der Waals surface area contributed by atoms with E-state index in [2.05, 4.69) is 42.0 Å². The third-order valence-corrected chi connectivity index (χ3v) is 2.99. The van der Waals surface area contributed by atoms with Crippen molar-refractivity contribution in [2.45, 2.75) is 20.8 Å². The van der Waals surface area contributed by atoms with Crippen LogP contribution in [0.4, 0.5) is 4.39 Å². The fraction of sp³-hybridized carbons (Fsp3) is 0.538. The first-order valence-corrected chi connectivity index (χ1v) is 6.52. The van der Waals surface area contributed by atoms with E-state index in [1.807, 2.05) is 0 Å². The Hall–Kier alpha value is -0.610. The summed E-state index contributed by atoms with van der Waals surface area (Å²) in [5.41, 5.74) is 0.0455. The predicted octanol–water partition coefficient (Wildman–Crippen LogP) is 3.60. The molecule has 0 aromatic heterocycles. The van der Waals surface area contributed by atoms with E-state index in [1.54, 1.807) is 6.07 Å². The van der Waals surface area contributed by atoms with Crippen LogP contribution < -0.4 is 10.1 Å². The van der Waals surface area contributed by atoms with Crippen molar-refractivity contribution >= 4 is 15.9 Å². The molecule has 0 saturated heterocycles. The van der Waals surface area contributed by atoms with E-state index in [-0.39, 0.29) is 11.2 Å². The average Bonchev–Trinajstić information content (AvgIpc) is 2.25. The quantitative estimate of drug-likeness (QED) is 0.867. The van der Waals surface area contributed by atoms with Crippen LogP contribution in [0.25, 0.3) is 0 Å². The van der Waals surface area contributed by atoms with Gasteiger partial charge >= 0.3 is 0 Å². The van der Waals surface area contributed by atoms with E-state index in [9.17, 15) is 4.39 Å². The van der Waals surface area contributed by atoms with Crippen molar-refractivity contribution in [3.63, 3.8) is 0 Å². The van der Waals surface area contributed by atoms with E-state index < -0.39 is 0 Å². The molecule has 0 atom stereocenters. The summed E-state index contributed by atoms with van der Waals surface area (Å²) in [4.78, 5) is 0. The van der Waals surface area contributed by atoms with Crippen molar-refractivity contribution < 1.29 is 9.13 Å². The van der Waals surface area contributed by atoms with E-state index in [0.29, 0.717) is 16.8 Å². The Morgan fingerprint density at radius 2 is 2.12 bits per heavy atom. The third kappa shape index (κ3) is 5.04. The summed E-state index contributed by atoms with van der Waals surface area (Å²) in [7, 11) is 0. The second-order valence-corrected chi connectivity index (χ2v) is 5.66. The summed E-state index contributed by atoms with van der Waals surface area (Å²) in [5.74, 6) is 0.409. The molecule has 1 aromatic rings. The molecule has 0 aliphatic rings. The van der Waals surface area contributed by atoms with Crippen LogP contribution in [0.15, 0.2) is 22.7 Å². The van der Waals surface area contributed by atoms with Gasteiger partial charge in [-0.2, -0.15) is 0 Å². The Balaban J connectivity index is 2.54. The van der Waals surface area contributed by atoms with Crippen molar-refractivity contribution in [2.75, 3.05) is 19.7 Å². The maximum Gasteiger partial charge on any atom is 0.133 e. The SMILES string of the molecule is CCNCC(C)(C)COc1ccc(F)cc1Br. The van der Waals surface area contributed by atoms with E-state index in [1.165, 1.54) is 12.1 Å². The van der Waals surface area contributed by atoms with Crippen molar-refractivity contribution in [3.05, 3.63) is 28.5 Å². The molecule has 0 spiro atoms. The summed E-state index contributed by atoms with van der Waals surface area (Å²) in [6.45, 7) is 8.77. The third-order valence-electron chi connectivity index (χ3n) is 2.37. The normalized spacial score (nSPS) is 11.6. The fourth-order valence-corrected chi connectivity index (χ4v) is 1.85. The molecule has 0 radical (unpaired) electrons. The van der Waals surface area contributed by atoms with Gasteiger partial charge in [-0.3, -0.25) is 0 Å². The second-order valence-electron chi connectivity index (χ2n) is 4.81. The van der Waals surface area contributed by atoms with Gasteiger partial charge in [0.1, 0.15) is 11.6 Å². The number of rotatable bonds is 6. The minimum absolute atomic E-state index is 0.0455. The van der Waals surface area contributed by atoms with Gasteiger partial charge in [-0.25, -0.2) is 4.39 Å². The Morgan fingerprint density at radius 3 is 2.71 bits per heavy atom. The van der Waals surface area contributed by atoms with E-state index in [4.69, 9.17) is 4.74 Å². The molecular formula is C13H19BrFNO. The largest absolute Gasteiger partial charge is 0.492 e. The molecule has 17 heavy (non-hydrogen) atoms. The zero-order valence-corrected chi connectivity index (χ0v) is 12.1. The molecule has 96 valence electrons. The van der Waals surface area contributed by atoms with Crippen molar-refractivity contribution in [3.8, 4) is 5.75 Å². The molecule has 0 amide bonds. The first-order valence-electron chi connectivity index (χ1n) is 5.73. The highest BCUT2D eigenvalue weighted by Gasteiger charge is 2.18. The van der Waals surface area contributed by atoms with Crippen LogP contribution in [0.3, 0.4) is 0 Å². The van der Waals surface area contributed by atoms with Gasteiger partial charge in [0.25, 0.3) is 0 Å². The van der Waals surface area contributed by atoms with Gasteiger partial charge in [0.05, 0.1) is 11.1 Å². The molecule has 1 aromatic carbocycles. The summed E-state index contributed by atoms with van der Waals surface area (Å²) >= 11 is 3.29. The van der Waals surface area contributed by atoms with Crippen LogP contribution in [0.5, 0.6) is 5.75 Å². The Labute approximate surface area is 111 Å². The first kappa shape index (κ1) is 14.5. The molecule has 0 fully saturated rings. The molecule has 4 heteroatoms. The summed E-state index contributed by atoms with van der Waals surface area (Å²) < 4.78 is 19.2. The minimum atomic E-state index is -0.267. The number of hydrogen-bond acceptors (Lipinski definition) is 2. The lowest BCUT2D eigenvalue weighted by atomic mass is 9.95. The molecule has 0 heterocycles. The van der Waals surface area contributed by atoms with Gasteiger partial charge in [0.15, 0.2) is 0 Å². The smallest absolute Gasteiger partial charge is 0.133 e. The molecule has 1 N–H and O–H groups in total. The summed E-state index contributed by atoms with van der Waals surface area (Å²) in [5, 5.41) is 3.30. The van der Waals surface area contributed by atoms with Gasteiger partial charge in [-0.15, -0.1) is 0 Å². The number of ether oxygens (including phenoxy) is 1. The van der Waals surface area contributed by atoms with Crippen LogP contribution in [0.1, 0.15) is 20.8 Å². The standard InChI is InChI=1S/C13H19BrFNO/c1-4-16-8-13(2,3)9-17-12-6-5-10(15)7-11(12)14/h5-7,16H,4,8-9H2,1-3H3. The van der Waals surface area contributed by atoms with Crippen LogP contribution in [0.2, 0.25) is 0 Å². The zero-order valence-electron chi connectivity index (χ0n) is 10.5. The summed E-state index contributed by atoms with van der Waals surface area (Å²) in [6, 6.07) is 4.45. The molecule has 1 rings (SSSR count). The zero-order chi connectivity index (χ0) is 12.9. The molecular weight excluding hydrogens is 285 g/mol. The van der Waals surface area contributed by atoms with E-state index in [0.717, 1.165) is 13.1 Å². The maximum absolute atomic E-state index is 12.9. The lowest BCUT2D eigenvalue weighted by Gasteiger charge is -2.25. The summed E-state index contributed by atoms with van der Waals surface area (Å²) in [6.07, 6.45) is 0. The van der Waals surface area contributed by atoms with Gasteiger partial charge in [0.2, 0.25) is 0 Å². The molecule has 0 saturated carbocycles. The molecule has 0 aliphatic carbocycles. The fourth-order valence-electron chi connectivity index (χ4n) is 1.38. The highest BCUT2D eigenvalue weighted by Crippen LogP contribution is 2.27. The van der Waals surface area contributed by atoms with Crippen molar-refractivity contribution in [1.82, 2.24) is 5.32 Å². The molecule has 2 nitrogen and oxygen atoms in total. The van der Waals surface area contributed by atoms with E-state index >= 15 is 0 Å². The highest BCUT2D eigenvalue weighted by molar-refractivity contribution is 9.10. The molecule has 0 aliphatic heterocycles. The first-order chi connectivity index (χ1) is 7.94. The van der Waals surface area contributed by atoms with Gasteiger partial charge in [0, 0.05) is 12.0 Å². The lowest BCUT2D eigenvalue weighted by Crippen LogP contribution is -2.34. The van der Waals surface area contributed by atoms with Gasteiger partial charge in [-0.1, -0.05) is 20.8 Å². The van der Waals surface area contributed by atoms with Gasteiger partial charge in [-0.05, 0) is 40.7 Å². The number of nitrogens with one attached hydrogen (secondary N) is 1. The van der Waals surface area contributed by atoms with Crippen LogP contribution in [-0.2, 0) is 0 Å². The van der Waals surface area contributed by atoms with Crippen LogP contribution in [-0.4, -0.2) is 19.7 Å². The second kappa shape index (κ2) is 6.36. The lowest BCUT2D eigenvalue weighted by molar-refractivity contribution is 0.176. The monoisotopic (exact) mass is 303 g/mol. The number of hydrogen-bond donors (Lipinski definition) is 1. The predicted molar refractivity (Wildman–Crippen MR) is 71.9 cm³/mol. The molecule has 0 unspecified atom stereocenters. The topological polar surface area (TPSA) is 21.3 Å². The Morgan fingerprint density at radius 1 is 1.41 bits per heavy atom. The highest BCUT2D eigenvalue weighted by atomic mass is 79.9. The number of benzene rings is 1. The Bertz CT molecular complexity index is 368. The molecule has 0 bridgehead atoms. The van der Waals surface area contributed by atoms with Crippen molar-refractivity contribution in [2.24, 2.45) is 5.41 Å². The average molecular weight is 304 g/mol. The van der Waals surface area contributed by atoms with Gasteiger partial charge < -0.3 is 10.1 Å². The minimum Gasteiger partial charge on any atom is -0.492 e. The Kier molecular flexibility index (Phi) is 5.40. The van der Waals surface area contributed by atoms with Crippen molar-refractivity contribution in [1.29, 1.82) is 0 Å². The van der Waals surface area contributed by atoms with Crippen LogP contribution in [0, 0.1) is 11.2 Å². The number of halogens is 2. The van der Waals surface area contributed by atoms with Crippen LogP contribution >= 0.6 is 15.9 Å².